The van der Waals surface area contributed by atoms with E-state index in [0.29, 0.717) is 0 Å². The summed E-state index contributed by atoms with van der Waals surface area (Å²) in [5.74, 6) is 1.39. The minimum Gasteiger partial charge on any atom is -0.497 e. The number of halogens is 1. The summed E-state index contributed by atoms with van der Waals surface area (Å²) in [6.07, 6.45) is 0. The van der Waals surface area contributed by atoms with Crippen molar-refractivity contribution in [1.82, 2.24) is 4.90 Å². The number of carbonyl (C=O) groups excluding carboxylic acids is 1. The molecule has 35 heavy (non-hydrogen) atoms. The fraction of sp³-hybridized carbons (Fsp3) is 0.103. The molecule has 174 valence electrons. The van der Waals surface area contributed by atoms with Gasteiger partial charge in [-0.15, -0.1) is 0 Å². The molecule has 1 aliphatic heterocycles. The van der Waals surface area contributed by atoms with E-state index in [0.717, 1.165) is 44.1 Å². The molecule has 0 radical (unpaired) electrons. The molecule has 1 heterocycles. The van der Waals surface area contributed by atoms with Gasteiger partial charge in [-0.05, 0) is 60.2 Å². The number of rotatable bonds is 6. The van der Waals surface area contributed by atoms with E-state index in [4.69, 9.17) is 9.73 Å². The zero-order chi connectivity index (χ0) is 24.2. The summed E-state index contributed by atoms with van der Waals surface area (Å²) in [7, 11) is 1.65. The molecule has 0 fully saturated rings. The Labute approximate surface area is 213 Å². The van der Waals surface area contributed by atoms with Crippen LogP contribution in [0.4, 0.5) is 11.4 Å². The molecule has 6 heteroatoms. The molecule has 1 unspecified atom stereocenters. The van der Waals surface area contributed by atoms with Gasteiger partial charge in [0.15, 0.2) is 0 Å². The molecule has 1 amide bonds. The van der Waals surface area contributed by atoms with Gasteiger partial charge >= 0.3 is 0 Å². The molecule has 0 aromatic heterocycles. The van der Waals surface area contributed by atoms with Crippen molar-refractivity contribution in [3.8, 4) is 5.75 Å². The number of carbonyl (C=O) groups is 1. The van der Waals surface area contributed by atoms with Gasteiger partial charge < -0.3 is 15.0 Å². The van der Waals surface area contributed by atoms with Crippen molar-refractivity contribution in [2.45, 2.75) is 6.04 Å². The third kappa shape index (κ3) is 4.98. The minimum absolute atomic E-state index is 0.114. The predicted octanol–water partition coefficient (Wildman–Crippen LogP) is 6.58. The Bertz CT molecular complexity index is 1360. The Balaban J connectivity index is 1.61. The summed E-state index contributed by atoms with van der Waals surface area (Å²) in [5, 5.41) is 3.02. The number of aliphatic imine (C=N–C) groups is 1. The first kappa shape index (κ1) is 22.9. The van der Waals surface area contributed by atoms with Crippen LogP contribution in [0, 0.1) is 0 Å². The van der Waals surface area contributed by atoms with Gasteiger partial charge in [-0.2, -0.15) is 0 Å². The van der Waals surface area contributed by atoms with Crippen LogP contribution >= 0.6 is 15.9 Å². The number of anilines is 1. The maximum absolute atomic E-state index is 13.3. The fourth-order valence-corrected chi connectivity index (χ4v) is 4.70. The molecule has 5 rings (SSSR count). The molecule has 0 saturated carbocycles. The van der Waals surface area contributed by atoms with Gasteiger partial charge in [0.25, 0.3) is 0 Å². The lowest BCUT2D eigenvalue weighted by Gasteiger charge is -2.38. The lowest BCUT2D eigenvalue weighted by atomic mass is 9.93. The number of fused-ring (bicyclic) bond motifs is 1. The topological polar surface area (TPSA) is 53.9 Å². The molecular weight excluding hydrogens is 502 g/mol. The summed E-state index contributed by atoms with van der Waals surface area (Å²) >= 11 is 3.62. The molecule has 1 atom stereocenters. The highest BCUT2D eigenvalue weighted by Crippen LogP contribution is 2.41. The third-order valence-corrected chi connectivity index (χ3v) is 6.42. The first-order chi connectivity index (χ1) is 17.1. The van der Waals surface area contributed by atoms with Crippen LogP contribution in [-0.2, 0) is 4.79 Å². The average Bonchev–Trinajstić information content (AvgIpc) is 2.89. The molecule has 0 spiro atoms. The largest absolute Gasteiger partial charge is 0.497 e. The van der Waals surface area contributed by atoms with E-state index in [2.05, 4.69) is 44.3 Å². The van der Waals surface area contributed by atoms with Gasteiger partial charge in [0.1, 0.15) is 11.6 Å². The normalized spacial score (nSPS) is 14.6. The Hall–Kier alpha value is -3.90. The first-order valence-electron chi connectivity index (χ1n) is 11.3. The minimum atomic E-state index is -0.195. The van der Waals surface area contributed by atoms with Gasteiger partial charge in [0.2, 0.25) is 5.91 Å². The van der Waals surface area contributed by atoms with Crippen molar-refractivity contribution in [1.29, 1.82) is 0 Å². The van der Waals surface area contributed by atoms with Crippen molar-refractivity contribution in [3.63, 3.8) is 0 Å². The number of benzene rings is 4. The zero-order valence-electron chi connectivity index (χ0n) is 19.2. The van der Waals surface area contributed by atoms with Crippen LogP contribution in [0.5, 0.6) is 5.75 Å². The van der Waals surface area contributed by atoms with Crippen LogP contribution in [0.3, 0.4) is 0 Å². The maximum atomic E-state index is 13.3. The van der Waals surface area contributed by atoms with Gasteiger partial charge in [0, 0.05) is 21.3 Å². The Morgan fingerprint density at radius 2 is 1.63 bits per heavy atom. The number of para-hydroxylation sites is 1. The molecule has 5 nitrogen and oxygen atoms in total. The lowest BCUT2D eigenvalue weighted by molar-refractivity contribution is -0.116. The highest BCUT2D eigenvalue weighted by Gasteiger charge is 2.33. The smallest absolute Gasteiger partial charge is 0.243 e. The van der Waals surface area contributed by atoms with Crippen molar-refractivity contribution < 1.29 is 9.53 Å². The number of ether oxygens (including phenoxy) is 1. The zero-order valence-corrected chi connectivity index (χ0v) is 20.8. The van der Waals surface area contributed by atoms with Gasteiger partial charge in [0.05, 0.1) is 25.4 Å². The Morgan fingerprint density at radius 1 is 0.943 bits per heavy atom. The second kappa shape index (κ2) is 10.2. The number of hydrogen-bond donors (Lipinski definition) is 1. The average molecular weight is 526 g/mol. The second-order valence-corrected chi connectivity index (χ2v) is 9.14. The van der Waals surface area contributed by atoms with E-state index in [1.54, 1.807) is 7.11 Å². The highest BCUT2D eigenvalue weighted by molar-refractivity contribution is 9.10. The van der Waals surface area contributed by atoms with Crippen molar-refractivity contribution in [3.05, 3.63) is 124 Å². The van der Waals surface area contributed by atoms with Crippen LogP contribution in [0.1, 0.15) is 22.7 Å². The van der Waals surface area contributed by atoms with Crippen LogP contribution in [0.2, 0.25) is 0 Å². The summed E-state index contributed by atoms with van der Waals surface area (Å²) < 4.78 is 6.32. The monoisotopic (exact) mass is 525 g/mol. The molecule has 0 bridgehead atoms. The van der Waals surface area contributed by atoms with E-state index in [1.807, 2.05) is 84.9 Å². The van der Waals surface area contributed by atoms with E-state index in [9.17, 15) is 4.79 Å². The Morgan fingerprint density at radius 3 is 2.31 bits per heavy atom. The molecular formula is C29H24BrN3O2. The fourth-order valence-electron chi connectivity index (χ4n) is 4.32. The third-order valence-electron chi connectivity index (χ3n) is 5.93. The number of methoxy groups -OCH3 is 1. The van der Waals surface area contributed by atoms with Crippen LogP contribution < -0.4 is 10.1 Å². The molecule has 4 aromatic rings. The van der Waals surface area contributed by atoms with E-state index in [1.165, 1.54) is 0 Å². The molecule has 0 aliphatic carbocycles. The summed E-state index contributed by atoms with van der Waals surface area (Å²) in [6.45, 7) is 0.130. The number of amides is 1. The van der Waals surface area contributed by atoms with Crippen LogP contribution in [-0.4, -0.2) is 30.3 Å². The van der Waals surface area contributed by atoms with Gasteiger partial charge in [-0.3, -0.25) is 4.79 Å². The van der Waals surface area contributed by atoms with Crippen LogP contribution in [0.25, 0.3) is 0 Å². The number of nitrogens with one attached hydrogen (secondary N) is 1. The number of nitrogens with zero attached hydrogens (tertiary/aromatic N) is 2. The molecule has 1 N–H and O–H groups in total. The van der Waals surface area contributed by atoms with Crippen molar-refractivity contribution in [2.24, 2.45) is 4.99 Å². The molecule has 4 aromatic carbocycles. The SMILES string of the molecule is COc1ccc(C2=Nc3ccc(Br)cc3C(c3ccccc3)N2CC(=O)Nc2ccccc2)cc1. The quantitative estimate of drug-likeness (QED) is 0.309. The highest BCUT2D eigenvalue weighted by atomic mass is 79.9. The lowest BCUT2D eigenvalue weighted by Crippen LogP contribution is -2.43. The first-order valence-corrected chi connectivity index (χ1v) is 12.1. The standard InChI is InChI=1S/C29H24BrN3O2/c1-35-24-15-12-21(13-16-24)29-32-26-17-14-22(30)18-25(26)28(20-8-4-2-5-9-20)33(29)19-27(34)31-23-10-6-3-7-11-23/h2-18,28H,19H2,1H3,(H,31,34). The molecule has 0 saturated heterocycles. The molecule has 1 aliphatic rings. The number of hydrogen-bond acceptors (Lipinski definition) is 4. The summed E-state index contributed by atoms with van der Waals surface area (Å²) in [6, 6.07) is 33.4. The number of amidine groups is 1. The summed E-state index contributed by atoms with van der Waals surface area (Å²) in [4.78, 5) is 20.4. The predicted molar refractivity (Wildman–Crippen MR) is 143 cm³/mol. The van der Waals surface area contributed by atoms with E-state index in [-0.39, 0.29) is 18.5 Å². The van der Waals surface area contributed by atoms with Crippen LogP contribution in [0.15, 0.2) is 113 Å². The Kier molecular flexibility index (Phi) is 6.64. The maximum Gasteiger partial charge on any atom is 0.243 e. The van der Waals surface area contributed by atoms with Gasteiger partial charge in [-0.1, -0.05) is 64.5 Å². The van der Waals surface area contributed by atoms with Gasteiger partial charge in [-0.25, -0.2) is 4.99 Å². The second-order valence-electron chi connectivity index (χ2n) is 8.22. The van der Waals surface area contributed by atoms with E-state index < -0.39 is 0 Å². The van der Waals surface area contributed by atoms with Crippen molar-refractivity contribution in [2.75, 3.05) is 19.0 Å². The van der Waals surface area contributed by atoms with E-state index >= 15 is 0 Å². The summed E-state index contributed by atoms with van der Waals surface area (Å²) in [5.41, 5.74) is 4.67. The van der Waals surface area contributed by atoms with Crippen molar-refractivity contribution >= 4 is 39.0 Å².